The molecule has 3 aliphatic heterocycles. The van der Waals surface area contributed by atoms with E-state index in [-0.39, 0.29) is 91.1 Å². The maximum atomic E-state index is 16.0. The first-order chi connectivity index (χ1) is 64.3. The summed E-state index contributed by atoms with van der Waals surface area (Å²) in [5.41, 5.74) is 5.76. The van der Waals surface area contributed by atoms with E-state index in [4.69, 9.17) is 65.7 Å². The number of ether oxygens (including phenoxy) is 11. The quantitative estimate of drug-likeness (QED) is 0.0156. The molecule has 21 nitrogen and oxygen atoms in total. The molecular weight excluding hydrogens is 1690 g/mol. The zero-order valence-corrected chi connectivity index (χ0v) is 79.3. The number of rotatable bonds is 62. The topological polar surface area (TPSA) is 239 Å². The van der Waals surface area contributed by atoms with Crippen molar-refractivity contribution in [3.63, 3.8) is 0 Å². The Labute approximate surface area is 783 Å². The van der Waals surface area contributed by atoms with Crippen LogP contribution in [0.5, 0.6) is 0 Å². The van der Waals surface area contributed by atoms with E-state index in [0.29, 0.717) is 25.7 Å². The lowest BCUT2D eigenvalue weighted by molar-refractivity contribution is -0.288. The number of phosphoric acid groups is 1. The minimum absolute atomic E-state index is 0.0305. The van der Waals surface area contributed by atoms with Crippen LogP contribution in [0.3, 0.4) is 0 Å². The van der Waals surface area contributed by atoms with Gasteiger partial charge in [-0.3, -0.25) is 32.7 Å². The van der Waals surface area contributed by atoms with E-state index in [1.807, 2.05) is 237 Å². The molecule has 2 saturated heterocycles. The van der Waals surface area contributed by atoms with Crippen molar-refractivity contribution < 1.29 is 89.4 Å². The van der Waals surface area contributed by atoms with Gasteiger partial charge in [-0.2, -0.15) is 0 Å². The fourth-order valence-electron chi connectivity index (χ4n) is 16.8. The lowest BCUT2D eigenvalue weighted by Gasteiger charge is -2.48. The fourth-order valence-corrected chi connectivity index (χ4v) is 19.3. The second-order valence-corrected chi connectivity index (χ2v) is 37.6. The van der Waals surface area contributed by atoms with Gasteiger partial charge in [-0.15, -0.1) is 0 Å². The van der Waals surface area contributed by atoms with E-state index in [9.17, 15) is 0 Å². The predicted molar refractivity (Wildman–Crippen MR) is 511 cm³/mol. The van der Waals surface area contributed by atoms with E-state index in [0.717, 1.165) is 178 Å². The number of nitrogens with one attached hydrogen (secondary N) is 2. The van der Waals surface area contributed by atoms with Crippen molar-refractivity contribution in [3.8, 4) is 0 Å². The molecule has 0 aromatic heterocycles. The number of hydrogen-bond acceptors (Lipinski definition) is 20. The van der Waals surface area contributed by atoms with Gasteiger partial charge in [-0.25, -0.2) is 4.57 Å². The van der Waals surface area contributed by atoms with Crippen molar-refractivity contribution in [2.75, 3.05) is 13.2 Å². The third-order valence-electron chi connectivity index (χ3n) is 24.2. The van der Waals surface area contributed by atoms with Gasteiger partial charge in [-0.05, 0) is 82.3 Å². The standard InChI is InChI=1S/C108H143N2O19PS/c1-5-9-13-17-40-62-90(117-73-83-50-30-22-31-51-83)68-97(111)109-101-105(127-99(113)70-92(64-42-19-15-11-7-3)119-75-85-54-34-24-35-55-85)104(129-130(115)123-78-88-60-46-47-61-89(88)79-124-130)95(80-116-72-82-48-28-21-29-49-82)125-107(101)122-81-96-103(121-77-87-58-38-26-39-59-87)106(128-100(114)71-93(65-43-20-16-12-8-4)120-76-86-56-36-25-37-57-86)102(108(126-96)131-94-66-44-27-45-67-94)110-98(112)69-91(63-41-18-14-10-6-2)118-74-84-52-32-23-33-53-84/h21-39,44-61,66-67,90-93,95-96,101-108H,5-20,40-43,62-65,68-81H2,1-4H3,(H,109,111)(H,110,112)/t90-,91-,92-,93-,95-,96-,101-,102-,103-,104-,105-,106-,107-,108-/m1/s1/i81+1. The van der Waals surface area contributed by atoms with E-state index in [1.54, 1.807) is 0 Å². The molecule has 14 atom stereocenters. The average molecular weight is 1840 g/mol. The van der Waals surface area contributed by atoms with Gasteiger partial charge in [-0.1, -0.05) is 392 Å². The molecule has 2 N–H and O–H groups in total. The van der Waals surface area contributed by atoms with Crippen LogP contribution in [0.25, 0.3) is 0 Å². The van der Waals surface area contributed by atoms with Crippen molar-refractivity contribution in [2.24, 2.45) is 0 Å². The summed E-state index contributed by atoms with van der Waals surface area (Å²) in [5, 5.41) is 6.74. The number of phosphoric ester groups is 1. The number of carbonyl (C=O) groups excluding carboxylic acids is 4. The maximum Gasteiger partial charge on any atom is 0.475 e. The highest BCUT2D eigenvalue weighted by Gasteiger charge is 2.56. The zero-order chi connectivity index (χ0) is 91.6. The highest BCUT2D eigenvalue weighted by atomic mass is 32.2. The number of thioether (sulfide) groups is 1. The Morgan fingerprint density at radius 2 is 0.695 bits per heavy atom. The molecule has 2 amide bonds. The van der Waals surface area contributed by atoms with Gasteiger partial charge < -0.3 is 62.7 Å². The summed E-state index contributed by atoms with van der Waals surface area (Å²) >= 11 is 1.34. The lowest BCUT2D eigenvalue weighted by atomic mass is 9.95. The van der Waals surface area contributed by atoms with Gasteiger partial charge in [0.1, 0.15) is 41.9 Å². The van der Waals surface area contributed by atoms with Gasteiger partial charge >= 0.3 is 19.8 Å². The highest BCUT2D eigenvalue weighted by Crippen LogP contribution is 2.55. The molecule has 3 heterocycles. The Morgan fingerprint density at radius 1 is 0.359 bits per heavy atom. The average Bonchev–Trinajstić information content (AvgIpc) is 1.06. The van der Waals surface area contributed by atoms with Crippen LogP contribution < -0.4 is 10.6 Å². The molecule has 8 aromatic rings. The number of carbonyl (C=O) groups is 4. The van der Waals surface area contributed by atoms with Crippen LogP contribution >= 0.6 is 19.6 Å². The Hall–Kier alpha value is -8.26. The summed E-state index contributed by atoms with van der Waals surface area (Å²) in [6.07, 6.45) is 8.90. The second kappa shape index (κ2) is 59.5. The minimum Gasteiger partial charge on any atom is -0.457 e. The molecule has 8 aromatic carbocycles. The predicted octanol–water partition coefficient (Wildman–Crippen LogP) is 23.4. The first-order valence-corrected chi connectivity index (χ1v) is 50.8. The molecule has 23 heteroatoms. The zero-order valence-electron chi connectivity index (χ0n) is 77.6. The summed E-state index contributed by atoms with van der Waals surface area (Å²) in [6.45, 7) is 8.66. The molecule has 0 spiro atoms. The number of amides is 2. The van der Waals surface area contributed by atoms with E-state index in [1.165, 1.54) is 11.8 Å². The van der Waals surface area contributed by atoms with Crippen LogP contribution in [0.2, 0.25) is 0 Å². The van der Waals surface area contributed by atoms with Crippen LogP contribution in [0.15, 0.2) is 241 Å². The molecular formula is C108H143N2O19PS. The number of esters is 2. The third-order valence-corrected chi connectivity index (χ3v) is 26.7. The van der Waals surface area contributed by atoms with Crippen molar-refractivity contribution in [2.45, 2.75) is 350 Å². The molecule has 11 rings (SSSR count). The monoisotopic (exact) mass is 1840 g/mol. The summed E-state index contributed by atoms with van der Waals surface area (Å²) in [7, 11) is -4.75. The molecule has 0 radical (unpaired) electrons. The second-order valence-electron chi connectivity index (χ2n) is 34.8. The van der Waals surface area contributed by atoms with E-state index >= 15 is 23.7 Å². The van der Waals surface area contributed by atoms with Crippen molar-refractivity contribution in [1.29, 1.82) is 0 Å². The smallest absolute Gasteiger partial charge is 0.457 e. The number of fused-ring (bicyclic) bond motifs is 1. The van der Waals surface area contributed by atoms with Gasteiger partial charge in [0.2, 0.25) is 11.8 Å². The fraction of sp³-hybridized carbons (Fsp3) is 0.519. The Bertz CT molecular complexity index is 4470. The number of unbranched alkanes of at least 4 members (excludes halogenated alkanes) is 16. The van der Waals surface area contributed by atoms with Gasteiger partial charge in [0.05, 0.1) is 116 Å². The van der Waals surface area contributed by atoms with E-state index < -0.39 is 117 Å². The third kappa shape index (κ3) is 37.5. The Morgan fingerprint density at radius 3 is 1.09 bits per heavy atom. The summed E-state index contributed by atoms with van der Waals surface area (Å²) < 4.78 is 113. The molecule has 2 fully saturated rings. The molecule has 0 bridgehead atoms. The van der Waals surface area contributed by atoms with Gasteiger partial charge in [0.15, 0.2) is 18.5 Å². The van der Waals surface area contributed by atoms with Crippen LogP contribution in [0.4, 0.5) is 0 Å². The molecule has 0 saturated carbocycles. The minimum atomic E-state index is -4.75. The molecule has 710 valence electrons. The summed E-state index contributed by atoms with van der Waals surface area (Å²) in [6, 6.07) is 73.1. The van der Waals surface area contributed by atoms with Crippen molar-refractivity contribution >= 4 is 43.3 Å². The van der Waals surface area contributed by atoms with Crippen LogP contribution in [0, 0.1) is 0 Å². The lowest BCUT2D eigenvalue weighted by Crippen LogP contribution is -2.68. The van der Waals surface area contributed by atoms with Crippen molar-refractivity contribution in [1.82, 2.24) is 10.6 Å². The SMILES string of the molecule is CCCCCCC[C@H](CC(=O)N[C@@H]1[C@@H](OC(=O)C[C@@H](CCCCCCC)OCc2ccccc2)[C@H](OCc2ccccc2)[C@@H]([13CH2]O[C@@H]2O[C@H](COCc3ccccc3)[C@@H](OP3(=O)OCc4ccccc4CO3)[C@H](OC(=O)C[C@@H](CCCCCCC)OCc3ccccc3)[C@H]2NC(=O)C[C@@H](CCCCCCC)OCc2ccccc2)O[C@@H]1Sc1ccccc1)OCc1ccccc1. The van der Waals surface area contributed by atoms with Gasteiger partial charge in [0, 0.05) is 4.90 Å². The molecule has 131 heavy (non-hydrogen) atoms. The number of hydrogen-bond donors (Lipinski definition) is 2. The molecule has 0 aliphatic carbocycles. The van der Waals surface area contributed by atoms with Crippen LogP contribution in [-0.4, -0.2) is 122 Å². The summed E-state index contributed by atoms with van der Waals surface area (Å²) in [4.78, 5) is 64.2. The maximum absolute atomic E-state index is 16.0. The summed E-state index contributed by atoms with van der Waals surface area (Å²) in [5.74, 6) is -2.20. The van der Waals surface area contributed by atoms with E-state index in [2.05, 4.69) is 38.3 Å². The molecule has 3 aliphatic rings. The Balaban J connectivity index is 1.03. The van der Waals surface area contributed by atoms with Crippen LogP contribution in [-0.2, 0) is 142 Å². The first kappa shape index (κ1) is 103. The highest BCUT2D eigenvalue weighted by molar-refractivity contribution is 7.99. The van der Waals surface area contributed by atoms with Crippen LogP contribution in [0.1, 0.15) is 252 Å². The molecule has 0 unspecified atom stereocenters. The Kier molecular flexibility index (Phi) is 46.9. The number of benzene rings is 8. The normalized spacial score (nSPS) is 20.4. The van der Waals surface area contributed by atoms with Gasteiger partial charge in [0.25, 0.3) is 0 Å². The van der Waals surface area contributed by atoms with Crippen molar-refractivity contribution in [3.05, 3.63) is 281 Å². The largest absolute Gasteiger partial charge is 0.475 e. The first-order valence-electron chi connectivity index (χ1n) is 48.4.